The zero-order valence-electron chi connectivity index (χ0n) is 39.6. The smallest absolute Gasteiger partial charge is 0.141 e. The van der Waals surface area contributed by atoms with Crippen LogP contribution in [0, 0.1) is 0 Å². The number of para-hydroxylation sites is 2. The maximum Gasteiger partial charge on any atom is 0.141 e. The molecule has 0 radical (unpaired) electrons. The van der Waals surface area contributed by atoms with Gasteiger partial charge in [0.1, 0.15) is 113 Å². The van der Waals surface area contributed by atoms with Crippen LogP contribution in [0.1, 0.15) is 30.5 Å². The standard InChI is InChI=1S/C47H47B13N2/c1-46(2)21-10-4-3-9-19(21)20-14-13-18(17-22(20)46)25-26-28(34(50)40(56)38(54)32(26)48)31(29-27(25)33(49)39(55)41(57)35(29)51)47(15-7-8-16-47)62-24-12-6-5-11-23(24)61-45(62)30-36(52)42(58)44(60)43(59)37(30)53/h3-17H,48-60H2,1-2H3. The van der Waals surface area contributed by atoms with Gasteiger partial charge in [0, 0.05) is 16.5 Å². The van der Waals surface area contributed by atoms with Gasteiger partial charge in [0.15, 0.2) is 0 Å². The highest BCUT2D eigenvalue weighted by molar-refractivity contribution is 6.71. The maximum atomic E-state index is 5.66. The minimum Gasteiger partial charge on any atom is -0.306 e. The molecule has 0 atom stereocenters. The predicted octanol–water partition coefficient (Wildman–Crippen LogP) is -10.8. The molecule has 0 spiro atoms. The van der Waals surface area contributed by atoms with Gasteiger partial charge in [0.2, 0.25) is 0 Å². The van der Waals surface area contributed by atoms with Crippen LogP contribution in [0.2, 0.25) is 0 Å². The van der Waals surface area contributed by atoms with Crippen molar-refractivity contribution in [2.75, 3.05) is 0 Å². The van der Waals surface area contributed by atoms with Crippen LogP contribution in [-0.2, 0) is 11.0 Å². The highest BCUT2D eigenvalue weighted by atomic mass is 15.1. The minimum atomic E-state index is -0.703. The zero-order valence-corrected chi connectivity index (χ0v) is 39.6. The van der Waals surface area contributed by atoms with Crippen molar-refractivity contribution in [3.63, 3.8) is 0 Å². The molecule has 1 aromatic heterocycles. The molecule has 62 heavy (non-hydrogen) atoms. The Bertz CT molecular complexity index is 3310. The molecular weight excluding hydrogens is 733 g/mol. The van der Waals surface area contributed by atoms with E-state index in [0.717, 1.165) is 16.9 Å². The summed E-state index contributed by atoms with van der Waals surface area (Å²) in [4.78, 5) is 5.66. The molecule has 0 N–H and O–H groups in total. The van der Waals surface area contributed by atoms with Crippen LogP contribution < -0.4 is 71.0 Å². The van der Waals surface area contributed by atoms with Crippen LogP contribution in [0.4, 0.5) is 0 Å². The Hall–Kier alpha value is -5.15. The lowest BCUT2D eigenvalue weighted by Gasteiger charge is -2.37. The van der Waals surface area contributed by atoms with E-state index in [2.05, 4.69) is 211 Å². The fraction of sp³-hybridized carbons (Fsp3) is 0.0851. The van der Waals surface area contributed by atoms with Crippen molar-refractivity contribution in [1.82, 2.24) is 9.55 Å². The number of benzene rings is 7. The summed E-state index contributed by atoms with van der Waals surface area (Å²) in [5.74, 6) is 1.02. The highest BCUT2D eigenvalue weighted by Crippen LogP contribution is 2.51. The first-order valence-corrected chi connectivity index (χ1v) is 22.6. The summed E-state index contributed by atoms with van der Waals surface area (Å²) in [7, 11) is 30.3. The molecular formula is C47H47B13N2. The van der Waals surface area contributed by atoms with E-state index in [1.54, 1.807) is 0 Å². The number of fused-ring (bicyclic) bond motifs is 6. The number of hydrogen-bond donors (Lipinski definition) is 0. The summed E-state index contributed by atoms with van der Waals surface area (Å²) in [5, 5.41) is 5.43. The van der Waals surface area contributed by atoms with E-state index in [1.165, 1.54) is 137 Å². The third-order valence-corrected chi connectivity index (χ3v) is 16.6. The number of allylic oxidation sites excluding steroid dienone is 4. The van der Waals surface area contributed by atoms with Crippen LogP contribution in [0.25, 0.3) is 66.2 Å². The molecule has 0 saturated carbocycles. The number of aromatic nitrogens is 2. The van der Waals surface area contributed by atoms with E-state index < -0.39 is 5.54 Å². The Labute approximate surface area is 379 Å². The highest BCUT2D eigenvalue weighted by Gasteiger charge is 2.41. The van der Waals surface area contributed by atoms with Gasteiger partial charge in [0.05, 0.1) is 11.0 Å². The van der Waals surface area contributed by atoms with Crippen LogP contribution in [-0.4, -0.2) is 112 Å². The molecule has 1 heterocycles. The number of imidazole rings is 1. The average molecular weight is 780 g/mol. The summed E-state index contributed by atoms with van der Waals surface area (Å²) in [6.45, 7) is 4.81. The molecule has 2 aliphatic rings. The van der Waals surface area contributed by atoms with Crippen molar-refractivity contribution >= 4 is 206 Å². The second kappa shape index (κ2) is 13.9. The summed E-state index contributed by atoms with van der Waals surface area (Å²) >= 11 is 0. The number of hydrogen-bond acceptors (Lipinski definition) is 1. The van der Waals surface area contributed by atoms with E-state index in [-0.39, 0.29) is 5.41 Å². The molecule has 15 heteroatoms. The van der Waals surface area contributed by atoms with Crippen molar-refractivity contribution < 1.29 is 0 Å². The number of nitrogens with zero attached hydrogens (tertiary/aromatic N) is 2. The Morgan fingerprint density at radius 2 is 0.919 bits per heavy atom. The summed E-state index contributed by atoms with van der Waals surface area (Å²) < 4.78 is 2.61. The molecule has 2 nitrogen and oxygen atoms in total. The normalized spacial score (nSPS) is 14.6. The number of rotatable bonds is 4. The first kappa shape index (κ1) is 40.9. The lowest BCUT2D eigenvalue weighted by atomic mass is 9.58. The van der Waals surface area contributed by atoms with Gasteiger partial charge in [-0.3, -0.25) is 0 Å². The minimum absolute atomic E-state index is 0.117. The first-order chi connectivity index (χ1) is 29.4. The van der Waals surface area contributed by atoms with Gasteiger partial charge < -0.3 is 4.57 Å². The van der Waals surface area contributed by atoms with Crippen LogP contribution in [0.15, 0.2) is 91.0 Å². The predicted molar refractivity (Wildman–Crippen MR) is 311 cm³/mol. The second-order valence-corrected chi connectivity index (χ2v) is 19.5. The Morgan fingerprint density at radius 3 is 1.50 bits per heavy atom. The fourth-order valence-electron chi connectivity index (χ4n) is 12.0. The van der Waals surface area contributed by atoms with Crippen LogP contribution >= 0.6 is 0 Å². The molecule has 0 unspecified atom stereocenters. The fourth-order valence-corrected chi connectivity index (χ4v) is 12.0. The zero-order chi connectivity index (χ0) is 44.1. The van der Waals surface area contributed by atoms with Gasteiger partial charge in [0.25, 0.3) is 0 Å². The molecule has 0 amide bonds. The molecule has 8 aromatic rings. The summed E-state index contributed by atoms with van der Waals surface area (Å²) in [6.07, 6.45) is 9.50. The first-order valence-electron chi connectivity index (χ1n) is 22.6. The molecule has 10 rings (SSSR count). The lowest BCUT2D eigenvalue weighted by Crippen LogP contribution is -2.55. The van der Waals surface area contributed by atoms with Crippen molar-refractivity contribution in [3.8, 4) is 33.6 Å². The molecule has 0 bridgehead atoms. The quantitative estimate of drug-likeness (QED) is 0.128. The van der Waals surface area contributed by atoms with Crippen LogP contribution in [0.5, 0.6) is 0 Å². The van der Waals surface area contributed by atoms with Gasteiger partial charge >= 0.3 is 0 Å². The topological polar surface area (TPSA) is 17.8 Å². The van der Waals surface area contributed by atoms with Gasteiger partial charge in [-0.25, -0.2) is 4.98 Å². The SMILES string of the molecule is Bc1c(B)c(B)c(-c2nc3ccccc3n2C2(c3c4c(B)c(B)c(B)c(B)c4c(-c4ccc5c(c4)C(C)(C)c4ccccc4-5)c4c(B)c(B)c(B)c(B)c34)C=CC=C2)c(B)c1B. The summed E-state index contributed by atoms with van der Waals surface area (Å²) in [5.41, 5.74) is 29.6. The third kappa shape index (κ3) is 5.20. The summed E-state index contributed by atoms with van der Waals surface area (Å²) in [6, 6.07) is 25.2. The van der Waals surface area contributed by atoms with Gasteiger partial charge in [-0.2, -0.15) is 0 Å². The molecule has 0 saturated heterocycles. The van der Waals surface area contributed by atoms with Crippen molar-refractivity contribution in [2.45, 2.75) is 24.8 Å². The van der Waals surface area contributed by atoms with Crippen LogP contribution in [0.3, 0.4) is 0 Å². The van der Waals surface area contributed by atoms with Crippen molar-refractivity contribution in [3.05, 3.63) is 108 Å². The van der Waals surface area contributed by atoms with E-state index >= 15 is 0 Å². The molecule has 2 aliphatic carbocycles. The van der Waals surface area contributed by atoms with E-state index in [1.807, 2.05) is 0 Å². The van der Waals surface area contributed by atoms with Crippen molar-refractivity contribution in [2.24, 2.45) is 0 Å². The average Bonchev–Trinajstić information content (AvgIpc) is 3.97. The maximum absolute atomic E-state index is 5.66. The van der Waals surface area contributed by atoms with Gasteiger partial charge in [-0.05, 0) is 73.1 Å². The molecule has 0 fully saturated rings. The van der Waals surface area contributed by atoms with E-state index in [4.69, 9.17) is 4.98 Å². The molecule has 7 aromatic carbocycles. The Morgan fingerprint density at radius 1 is 0.452 bits per heavy atom. The molecule has 284 valence electrons. The second-order valence-electron chi connectivity index (χ2n) is 19.5. The van der Waals surface area contributed by atoms with E-state index in [0.29, 0.717) is 0 Å². The van der Waals surface area contributed by atoms with Crippen molar-refractivity contribution in [1.29, 1.82) is 0 Å². The Kier molecular flexibility index (Phi) is 9.19. The Balaban J connectivity index is 1.45. The lowest BCUT2D eigenvalue weighted by molar-refractivity contribution is 0.596. The van der Waals surface area contributed by atoms with E-state index in [9.17, 15) is 0 Å². The molecule has 0 aliphatic heterocycles. The largest absolute Gasteiger partial charge is 0.306 e. The van der Waals surface area contributed by atoms with Gasteiger partial charge in [-0.1, -0.05) is 119 Å². The van der Waals surface area contributed by atoms with Gasteiger partial charge in [-0.15, -0.1) is 38.2 Å². The third-order valence-electron chi connectivity index (χ3n) is 16.6. The monoisotopic (exact) mass is 782 g/mol.